The van der Waals surface area contributed by atoms with E-state index in [2.05, 4.69) is 99.0 Å². The molecule has 8 unspecified atom stereocenters. The highest BCUT2D eigenvalue weighted by atomic mass is 16.7. The fraction of sp³-hybridized carbons (Fsp3) is 0.735. The standard InChI is InChI=1S/C68H117NO10/c1-4-7-10-13-16-19-22-24-26-28-29-30-31-32-34-35-37-40-43-46-49-52-55-61(72)67(76)69-59(60(71)54-51-48-45-42-39-21-18-15-12-9-6-3)58-77-68-66(65(75)64(74)62(57-70)78-68)79-63(73)56-53-50-47-44-41-38-36-33-27-25-23-20-17-14-11-8-5-2/h8,11,16-17,19-20,24-27,36,38,44,47,51,54,59-62,64-66,68,70-72,74-75H,4-7,9-10,12-15,18,21-23,28-35,37,39-43,45-46,48-50,52-53,55-58H2,1-3H3,(H,69,76)/b11-8-,19-16-,20-17-,26-24-,27-25-,38-36-,47-44-,54-51+. The molecule has 0 aromatic heterocycles. The average molecular weight is 1110 g/mol. The number of unbranched alkanes of at least 4 members (excludes halogenated alkanes) is 25. The van der Waals surface area contributed by atoms with E-state index in [9.17, 15) is 35.1 Å². The van der Waals surface area contributed by atoms with Crippen molar-refractivity contribution in [3.63, 3.8) is 0 Å². The maximum Gasteiger partial charge on any atom is 0.306 e. The van der Waals surface area contributed by atoms with Crippen molar-refractivity contribution in [3.05, 3.63) is 97.2 Å². The lowest BCUT2D eigenvalue weighted by atomic mass is 9.99. The lowest BCUT2D eigenvalue weighted by molar-refractivity contribution is -0.305. The Morgan fingerprint density at radius 2 is 0.911 bits per heavy atom. The van der Waals surface area contributed by atoms with E-state index in [-0.39, 0.29) is 19.4 Å². The molecule has 1 aliphatic rings. The predicted octanol–water partition coefficient (Wildman–Crippen LogP) is 15.5. The fourth-order valence-corrected chi connectivity index (χ4v) is 9.42. The van der Waals surface area contributed by atoms with E-state index in [1.54, 1.807) is 6.08 Å². The Balaban J connectivity index is 2.66. The van der Waals surface area contributed by atoms with Crippen LogP contribution in [0, 0.1) is 0 Å². The minimum Gasteiger partial charge on any atom is -0.454 e. The van der Waals surface area contributed by atoms with Gasteiger partial charge in [-0.2, -0.15) is 0 Å². The molecule has 1 saturated heterocycles. The summed E-state index contributed by atoms with van der Waals surface area (Å²) in [5.41, 5.74) is 0. The van der Waals surface area contributed by atoms with Gasteiger partial charge in [-0.25, -0.2) is 0 Å². The van der Waals surface area contributed by atoms with Gasteiger partial charge >= 0.3 is 5.97 Å². The Labute approximate surface area is 482 Å². The monoisotopic (exact) mass is 1110 g/mol. The highest BCUT2D eigenvalue weighted by Crippen LogP contribution is 2.26. The molecule has 454 valence electrons. The van der Waals surface area contributed by atoms with E-state index in [0.29, 0.717) is 19.3 Å². The van der Waals surface area contributed by atoms with Crippen molar-refractivity contribution in [2.24, 2.45) is 0 Å². The van der Waals surface area contributed by atoms with Gasteiger partial charge in [-0.05, 0) is 96.3 Å². The first-order valence-corrected chi connectivity index (χ1v) is 32.0. The van der Waals surface area contributed by atoms with Crippen LogP contribution in [0.1, 0.15) is 258 Å². The minimum absolute atomic E-state index is 0.0415. The van der Waals surface area contributed by atoms with Crippen LogP contribution >= 0.6 is 0 Å². The maximum absolute atomic E-state index is 13.4. The molecule has 0 saturated carbocycles. The van der Waals surface area contributed by atoms with E-state index < -0.39 is 67.4 Å². The van der Waals surface area contributed by atoms with E-state index in [1.165, 1.54) is 122 Å². The fourth-order valence-electron chi connectivity index (χ4n) is 9.42. The average Bonchev–Trinajstić information content (AvgIpc) is 3.47. The van der Waals surface area contributed by atoms with E-state index >= 15 is 0 Å². The van der Waals surface area contributed by atoms with Gasteiger partial charge in [-0.15, -0.1) is 0 Å². The quantitative estimate of drug-likeness (QED) is 0.0195. The summed E-state index contributed by atoms with van der Waals surface area (Å²) < 4.78 is 17.6. The van der Waals surface area contributed by atoms with Gasteiger partial charge in [0.1, 0.15) is 24.4 Å². The molecule has 0 aromatic rings. The number of amides is 1. The summed E-state index contributed by atoms with van der Waals surface area (Å²) >= 11 is 0. The highest BCUT2D eigenvalue weighted by molar-refractivity contribution is 5.80. The van der Waals surface area contributed by atoms with Crippen LogP contribution in [0.2, 0.25) is 0 Å². The number of hydrogen-bond acceptors (Lipinski definition) is 10. The molecule has 0 aromatic carbocycles. The van der Waals surface area contributed by atoms with Crippen LogP contribution in [0.5, 0.6) is 0 Å². The van der Waals surface area contributed by atoms with Gasteiger partial charge in [-0.3, -0.25) is 9.59 Å². The van der Waals surface area contributed by atoms with Crippen LogP contribution in [-0.4, -0.2) is 99.6 Å². The number of carbonyl (C=O) groups is 2. The summed E-state index contributed by atoms with van der Waals surface area (Å²) in [5.74, 6) is -1.26. The van der Waals surface area contributed by atoms with Crippen LogP contribution in [0.4, 0.5) is 0 Å². The third kappa shape index (κ3) is 43.0. The van der Waals surface area contributed by atoms with Gasteiger partial charge < -0.3 is 45.1 Å². The summed E-state index contributed by atoms with van der Waals surface area (Å²) in [6, 6.07) is -1.04. The number of rotatable bonds is 53. The number of hydrogen-bond donors (Lipinski definition) is 6. The van der Waals surface area contributed by atoms with Crippen molar-refractivity contribution < 1.29 is 49.3 Å². The first kappa shape index (κ1) is 73.6. The van der Waals surface area contributed by atoms with Crippen molar-refractivity contribution >= 4 is 11.9 Å². The molecule has 6 N–H and O–H groups in total. The molecule has 0 bridgehead atoms. The maximum atomic E-state index is 13.4. The van der Waals surface area contributed by atoms with E-state index in [1.807, 2.05) is 18.2 Å². The number of allylic oxidation sites excluding steroid dienone is 15. The molecule has 0 radical (unpaired) electrons. The molecule has 79 heavy (non-hydrogen) atoms. The zero-order valence-corrected chi connectivity index (χ0v) is 50.2. The molecule has 11 heteroatoms. The summed E-state index contributed by atoms with van der Waals surface area (Å²) in [7, 11) is 0. The third-order valence-electron chi connectivity index (χ3n) is 14.5. The van der Waals surface area contributed by atoms with Crippen LogP contribution in [0.25, 0.3) is 0 Å². The van der Waals surface area contributed by atoms with Crippen LogP contribution in [0.15, 0.2) is 97.2 Å². The first-order valence-electron chi connectivity index (χ1n) is 32.0. The number of carbonyl (C=O) groups excluding carboxylic acids is 2. The van der Waals surface area contributed by atoms with Gasteiger partial charge in [0.2, 0.25) is 5.91 Å². The van der Waals surface area contributed by atoms with Gasteiger partial charge in [0.05, 0.1) is 25.4 Å². The second-order valence-corrected chi connectivity index (χ2v) is 21.8. The summed E-state index contributed by atoms with van der Waals surface area (Å²) in [4.78, 5) is 26.5. The molecule has 11 nitrogen and oxygen atoms in total. The molecular weight excluding hydrogens is 991 g/mol. The van der Waals surface area contributed by atoms with Crippen molar-refractivity contribution in [1.82, 2.24) is 5.32 Å². The third-order valence-corrected chi connectivity index (χ3v) is 14.5. The largest absolute Gasteiger partial charge is 0.454 e. The highest BCUT2D eigenvalue weighted by Gasteiger charge is 2.47. The normalized spacial score (nSPS) is 19.5. The number of esters is 1. The molecule has 1 fully saturated rings. The number of ether oxygens (including phenoxy) is 3. The zero-order valence-electron chi connectivity index (χ0n) is 50.2. The van der Waals surface area contributed by atoms with E-state index in [0.717, 1.165) is 83.5 Å². The summed E-state index contributed by atoms with van der Waals surface area (Å²) in [6.07, 6.45) is 63.1. The van der Waals surface area contributed by atoms with Crippen molar-refractivity contribution in [2.45, 2.75) is 307 Å². The number of aliphatic hydroxyl groups is 5. The predicted molar refractivity (Wildman–Crippen MR) is 329 cm³/mol. The minimum atomic E-state index is -1.64. The first-order chi connectivity index (χ1) is 38.7. The zero-order chi connectivity index (χ0) is 57.5. The van der Waals surface area contributed by atoms with Crippen LogP contribution < -0.4 is 5.32 Å². The van der Waals surface area contributed by atoms with Gasteiger partial charge in [0, 0.05) is 6.42 Å². The summed E-state index contributed by atoms with van der Waals surface area (Å²) in [6.45, 7) is 5.61. The molecule has 0 spiro atoms. The second kappa shape index (κ2) is 55.1. The summed E-state index contributed by atoms with van der Waals surface area (Å²) in [5, 5.41) is 57.0. The Bertz CT molecular complexity index is 1650. The van der Waals surface area contributed by atoms with Gasteiger partial charge in [0.25, 0.3) is 0 Å². The van der Waals surface area contributed by atoms with Crippen LogP contribution in [0.3, 0.4) is 0 Å². The van der Waals surface area contributed by atoms with Crippen molar-refractivity contribution in [3.8, 4) is 0 Å². The Morgan fingerprint density at radius 3 is 1.39 bits per heavy atom. The molecule has 1 aliphatic heterocycles. The number of aliphatic hydroxyl groups excluding tert-OH is 5. The number of nitrogens with one attached hydrogen (secondary N) is 1. The SMILES string of the molecule is CC/C=C\C/C=C\C/C=C\C/C=C\C/C=C\CCCC(=O)OC1C(OCC(NC(=O)C(O)CCCCCCCCCCCCCC/C=C\C/C=C\CCCCC)C(O)/C=C/CCCCCCCCCCC)OC(CO)C(O)C1O. The van der Waals surface area contributed by atoms with Crippen LogP contribution in [-0.2, 0) is 23.8 Å². The molecule has 1 heterocycles. The topological polar surface area (TPSA) is 175 Å². The molecular formula is C68H117NO10. The van der Waals surface area contributed by atoms with Crippen molar-refractivity contribution in [1.29, 1.82) is 0 Å². The van der Waals surface area contributed by atoms with Gasteiger partial charge in [-0.1, -0.05) is 253 Å². The molecule has 1 amide bonds. The Morgan fingerprint density at radius 1 is 0.506 bits per heavy atom. The Hall–Kier alpha value is -3.42. The van der Waals surface area contributed by atoms with Gasteiger partial charge in [0.15, 0.2) is 12.4 Å². The molecule has 1 rings (SSSR count). The smallest absolute Gasteiger partial charge is 0.306 e. The molecule has 0 aliphatic carbocycles. The lowest BCUT2D eigenvalue weighted by Gasteiger charge is -2.41. The van der Waals surface area contributed by atoms with Crippen molar-refractivity contribution in [2.75, 3.05) is 13.2 Å². The lowest BCUT2D eigenvalue weighted by Crippen LogP contribution is -2.61. The molecule has 8 atom stereocenters. The second-order valence-electron chi connectivity index (χ2n) is 21.8. The van der Waals surface area contributed by atoms with E-state index in [4.69, 9.17) is 14.2 Å². The Kier molecular flexibility index (Phi) is 51.4.